The van der Waals surface area contributed by atoms with E-state index in [-0.39, 0.29) is 24.6 Å². The van der Waals surface area contributed by atoms with Crippen molar-refractivity contribution in [3.05, 3.63) is 0 Å². The summed E-state index contributed by atoms with van der Waals surface area (Å²) < 4.78 is 20.6. The molecular formula is C12H16O6. The Morgan fingerprint density at radius 2 is 2.33 bits per heavy atom. The molecular weight excluding hydrogens is 240 g/mol. The number of methoxy groups -OCH3 is 1. The number of rotatable bonds is 2. The second-order valence-electron chi connectivity index (χ2n) is 5.39. The Labute approximate surface area is 105 Å². The number of carbonyl (C=O) groups excluding carboxylic acids is 2. The van der Waals surface area contributed by atoms with E-state index in [1.165, 1.54) is 7.11 Å². The van der Waals surface area contributed by atoms with Gasteiger partial charge in [0.05, 0.1) is 19.8 Å². The van der Waals surface area contributed by atoms with E-state index in [0.29, 0.717) is 6.61 Å². The average molecular weight is 256 g/mol. The van der Waals surface area contributed by atoms with Crippen LogP contribution in [-0.4, -0.2) is 44.2 Å². The van der Waals surface area contributed by atoms with Crippen molar-refractivity contribution in [2.45, 2.75) is 31.5 Å². The van der Waals surface area contributed by atoms with E-state index in [9.17, 15) is 9.59 Å². The molecule has 0 aliphatic carbocycles. The molecule has 0 amide bonds. The highest BCUT2D eigenvalue weighted by atomic mass is 16.7. The molecule has 0 radical (unpaired) electrons. The largest absolute Gasteiger partial charge is 0.508 e. The summed E-state index contributed by atoms with van der Waals surface area (Å²) >= 11 is 0. The molecule has 0 saturated carbocycles. The van der Waals surface area contributed by atoms with E-state index >= 15 is 0 Å². The van der Waals surface area contributed by atoms with Crippen molar-refractivity contribution in [3.63, 3.8) is 0 Å². The summed E-state index contributed by atoms with van der Waals surface area (Å²) in [6, 6.07) is 0. The maximum Gasteiger partial charge on any atom is 0.508 e. The third-order valence-electron chi connectivity index (χ3n) is 4.66. The van der Waals surface area contributed by atoms with Crippen LogP contribution in [0.5, 0.6) is 0 Å². The van der Waals surface area contributed by atoms with Gasteiger partial charge in [0, 0.05) is 5.92 Å². The Morgan fingerprint density at radius 1 is 1.56 bits per heavy atom. The first kappa shape index (κ1) is 11.8. The highest BCUT2D eigenvalue weighted by Gasteiger charge is 2.72. The number of hydrogen-bond donors (Lipinski definition) is 0. The highest BCUT2D eigenvalue weighted by molar-refractivity contribution is 5.81. The van der Waals surface area contributed by atoms with Gasteiger partial charge in [-0.1, -0.05) is 0 Å². The molecule has 6 heteroatoms. The maximum absolute atomic E-state index is 11.9. The van der Waals surface area contributed by atoms with Crippen LogP contribution in [0.4, 0.5) is 4.79 Å². The first-order valence-corrected chi connectivity index (χ1v) is 6.09. The van der Waals surface area contributed by atoms with E-state index in [0.717, 1.165) is 12.8 Å². The predicted molar refractivity (Wildman–Crippen MR) is 57.8 cm³/mol. The molecule has 0 N–H and O–H groups in total. The van der Waals surface area contributed by atoms with Gasteiger partial charge in [0.25, 0.3) is 0 Å². The summed E-state index contributed by atoms with van der Waals surface area (Å²) in [4.78, 5) is 22.9. The van der Waals surface area contributed by atoms with E-state index in [1.807, 2.05) is 6.92 Å². The Bertz CT molecular complexity index is 407. The minimum absolute atomic E-state index is 0.0408. The third-order valence-corrected chi connectivity index (χ3v) is 4.66. The zero-order valence-corrected chi connectivity index (χ0v) is 10.4. The SMILES string of the molecule is COC(=O)OC[C@@]12CC[C@H](O1)[C@@]1(C)C(=O)OC[C@@H]21. The van der Waals surface area contributed by atoms with E-state index < -0.39 is 17.2 Å². The van der Waals surface area contributed by atoms with Gasteiger partial charge in [-0.25, -0.2) is 4.79 Å². The maximum atomic E-state index is 11.9. The first-order chi connectivity index (χ1) is 8.53. The Kier molecular flexibility index (Phi) is 2.35. The van der Waals surface area contributed by atoms with Crippen molar-refractivity contribution in [2.75, 3.05) is 20.3 Å². The number of ether oxygens (including phenoxy) is 4. The van der Waals surface area contributed by atoms with Crippen molar-refractivity contribution in [1.82, 2.24) is 0 Å². The molecule has 3 rings (SSSR count). The zero-order chi connectivity index (χ0) is 13.0. The molecule has 3 heterocycles. The summed E-state index contributed by atoms with van der Waals surface area (Å²) in [6.45, 7) is 2.35. The molecule has 3 saturated heterocycles. The zero-order valence-electron chi connectivity index (χ0n) is 10.4. The molecule has 2 bridgehead atoms. The number of esters is 1. The molecule has 6 nitrogen and oxygen atoms in total. The standard InChI is InChI=1S/C12H16O6/c1-11-7(5-16-9(11)13)12(4-3-8(11)18-12)6-17-10(14)15-2/h7-8H,3-6H2,1-2H3/t7-,8+,11+,12-/m1/s1. The van der Waals surface area contributed by atoms with Crippen LogP contribution in [-0.2, 0) is 23.7 Å². The molecule has 3 aliphatic rings. The van der Waals surface area contributed by atoms with Crippen LogP contribution in [0.3, 0.4) is 0 Å². The normalized spacial score (nSPS) is 44.7. The summed E-state index contributed by atoms with van der Waals surface area (Å²) in [6.07, 6.45) is 0.729. The van der Waals surface area contributed by atoms with Crippen molar-refractivity contribution in [2.24, 2.45) is 11.3 Å². The highest BCUT2D eigenvalue weighted by Crippen LogP contribution is 2.60. The van der Waals surface area contributed by atoms with Gasteiger partial charge in [-0.15, -0.1) is 0 Å². The number of hydrogen-bond acceptors (Lipinski definition) is 6. The Hall–Kier alpha value is -1.30. The lowest BCUT2D eigenvalue weighted by Gasteiger charge is -2.33. The summed E-state index contributed by atoms with van der Waals surface area (Å²) in [5.74, 6) is -0.238. The fourth-order valence-electron chi connectivity index (χ4n) is 3.59. The van der Waals surface area contributed by atoms with Gasteiger partial charge in [0.2, 0.25) is 0 Å². The van der Waals surface area contributed by atoms with Gasteiger partial charge in [-0.05, 0) is 19.8 Å². The predicted octanol–water partition coefficient (Wildman–Crippen LogP) is 0.880. The molecule has 0 aromatic carbocycles. The van der Waals surface area contributed by atoms with Crippen molar-refractivity contribution >= 4 is 12.1 Å². The number of cyclic esters (lactones) is 1. The minimum Gasteiger partial charge on any atom is -0.465 e. The van der Waals surface area contributed by atoms with Gasteiger partial charge >= 0.3 is 12.1 Å². The molecule has 0 aromatic heterocycles. The second-order valence-corrected chi connectivity index (χ2v) is 5.39. The molecule has 18 heavy (non-hydrogen) atoms. The summed E-state index contributed by atoms with van der Waals surface area (Å²) in [5.41, 5.74) is -1.17. The average Bonchev–Trinajstić information content (AvgIpc) is 2.98. The molecule has 0 unspecified atom stereocenters. The van der Waals surface area contributed by atoms with Crippen LogP contribution in [0.25, 0.3) is 0 Å². The van der Waals surface area contributed by atoms with Gasteiger partial charge in [-0.2, -0.15) is 0 Å². The monoisotopic (exact) mass is 256 g/mol. The van der Waals surface area contributed by atoms with Crippen LogP contribution in [0, 0.1) is 11.3 Å². The Morgan fingerprint density at radius 3 is 3.06 bits per heavy atom. The fourth-order valence-corrected chi connectivity index (χ4v) is 3.59. The van der Waals surface area contributed by atoms with Gasteiger partial charge in [-0.3, -0.25) is 4.79 Å². The lowest BCUT2D eigenvalue weighted by atomic mass is 9.64. The summed E-state index contributed by atoms with van der Waals surface area (Å²) in [5, 5.41) is 0. The molecule has 3 fully saturated rings. The molecule has 0 aromatic rings. The smallest absolute Gasteiger partial charge is 0.465 e. The molecule has 0 spiro atoms. The van der Waals surface area contributed by atoms with Gasteiger partial charge in [0.15, 0.2) is 0 Å². The molecule has 3 aliphatic heterocycles. The van der Waals surface area contributed by atoms with E-state index in [4.69, 9.17) is 14.2 Å². The minimum atomic E-state index is -0.727. The quantitative estimate of drug-likeness (QED) is 0.683. The van der Waals surface area contributed by atoms with Crippen LogP contribution >= 0.6 is 0 Å². The van der Waals surface area contributed by atoms with E-state index in [1.54, 1.807) is 0 Å². The van der Waals surface area contributed by atoms with Crippen molar-refractivity contribution in [1.29, 1.82) is 0 Å². The van der Waals surface area contributed by atoms with Gasteiger partial charge in [0.1, 0.15) is 17.6 Å². The number of carbonyl (C=O) groups is 2. The second kappa shape index (κ2) is 3.60. The van der Waals surface area contributed by atoms with Crippen LogP contribution in [0.2, 0.25) is 0 Å². The molecule has 100 valence electrons. The fraction of sp³-hybridized carbons (Fsp3) is 0.833. The lowest BCUT2D eigenvalue weighted by molar-refractivity contribution is -0.150. The summed E-state index contributed by atoms with van der Waals surface area (Å²) in [7, 11) is 1.26. The number of fused-ring (bicyclic) bond motifs is 5. The third kappa shape index (κ3) is 1.27. The topological polar surface area (TPSA) is 71.1 Å². The molecule has 4 atom stereocenters. The van der Waals surface area contributed by atoms with Crippen LogP contribution in [0.1, 0.15) is 19.8 Å². The van der Waals surface area contributed by atoms with E-state index in [2.05, 4.69) is 4.74 Å². The Balaban J connectivity index is 1.82. The first-order valence-electron chi connectivity index (χ1n) is 6.09. The van der Waals surface area contributed by atoms with Crippen LogP contribution in [0.15, 0.2) is 0 Å². The van der Waals surface area contributed by atoms with Crippen molar-refractivity contribution in [3.8, 4) is 0 Å². The van der Waals surface area contributed by atoms with Crippen molar-refractivity contribution < 1.29 is 28.5 Å². The lowest BCUT2D eigenvalue weighted by Crippen LogP contribution is -2.47. The van der Waals surface area contributed by atoms with Gasteiger partial charge < -0.3 is 18.9 Å². The van der Waals surface area contributed by atoms with Crippen LogP contribution < -0.4 is 0 Å².